The van der Waals surface area contributed by atoms with Gasteiger partial charge in [-0.1, -0.05) is 23.2 Å². The van der Waals surface area contributed by atoms with E-state index in [0.29, 0.717) is 17.1 Å². The lowest BCUT2D eigenvalue weighted by Gasteiger charge is -2.16. The molecule has 2 N–H and O–H groups in total. The van der Waals surface area contributed by atoms with E-state index in [9.17, 15) is 13.6 Å². The number of hydrogen-bond donors (Lipinski definition) is 2. The summed E-state index contributed by atoms with van der Waals surface area (Å²) in [6, 6.07) is 2.73. The van der Waals surface area contributed by atoms with Crippen LogP contribution < -0.4 is 10.6 Å². The summed E-state index contributed by atoms with van der Waals surface area (Å²) in [5.74, 6) is -1.31. The molecule has 0 aliphatic heterocycles. The van der Waals surface area contributed by atoms with Crippen LogP contribution in [0.5, 0.6) is 0 Å². The van der Waals surface area contributed by atoms with Gasteiger partial charge in [0, 0.05) is 35.1 Å². The predicted molar refractivity (Wildman–Crippen MR) is 107 cm³/mol. The number of rotatable bonds is 5. The third kappa shape index (κ3) is 4.65. The highest BCUT2D eigenvalue weighted by molar-refractivity contribution is 6.31. The van der Waals surface area contributed by atoms with Crippen LogP contribution in [0.3, 0.4) is 0 Å². The van der Waals surface area contributed by atoms with Crippen molar-refractivity contribution >= 4 is 29.2 Å². The van der Waals surface area contributed by atoms with Crippen LogP contribution in [-0.4, -0.2) is 27.3 Å². The molecule has 10 heteroatoms. The Morgan fingerprint density at radius 3 is 2.55 bits per heavy atom. The summed E-state index contributed by atoms with van der Waals surface area (Å²) in [4.78, 5) is 15.8. The molecule has 152 valence electrons. The number of amides is 2. The lowest BCUT2D eigenvalue weighted by Crippen LogP contribution is -2.37. The van der Waals surface area contributed by atoms with Gasteiger partial charge in [0.15, 0.2) is 5.82 Å². The zero-order valence-corrected chi connectivity index (χ0v) is 17.0. The average Bonchev–Trinajstić information content (AvgIpc) is 3.06. The quantitative estimate of drug-likeness (QED) is 0.593. The topological polar surface area (TPSA) is 71.8 Å². The first-order chi connectivity index (χ1) is 13.8. The van der Waals surface area contributed by atoms with Crippen LogP contribution in [0.15, 0.2) is 36.8 Å². The van der Waals surface area contributed by atoms with Crippen molar-refractivity contribution in [2.45, 2.75) is 19.9 Å². The van der Waals surface area contributed by atoms with E-state index in [-0.39, 0.29) is 22.0 Å². The lowest BCUT2D eigenvalue weighted by molar-refractivity contribution is 0.238. The molecule has 2 aromatic heterocycles. The lowest BCUT2D eigenvalue weighted by atomic mass is 10.0. The van der Waals surface area contributed by atoms with E-state index in [1.54, 1.807) is 13.8 Å². The smallest absolute Gasteiger partial charge is 0.315 e. The monoisotopic (exact) mass is 439 g/mol. The van der Waals surface area contributed by atoms with Crippen LogP contribution in [0.25, 0.3) is 16.8 Å². The molecule has 3 aromatic rings. The Hall–Kier alpha value is -2.71. The maximum Gasteiger partial charge on any atom is 0.315 e. The van der Waals surface area contributed by atoms with Gasteiger partial charge < -0.3 is 10.6 Å². The minimum Gasteiger partial charge on any atom is -0.338 e. The first-order valence-corrected chi connectivity index (χ1v) is 9.45. The van der Waals surface area contributed by atoms with Gasteiger partial charge in [-0.2, -0.15) is 5.10 Å². The molecular formula is C19H17Cl2F2N5O. The number of halogens is 4. The summed E-state index contributed by atoms with van der Waals surface area (Å²) in [5, 5.41) is 9.62. The van der Waals surface area contributed by atoms with Crippen molar-refractivity contribution in [1.82, 2.24) is 25.4 Å². The molecule has 0 bridgehead atoms. The number of carbonyl (C=O) groups is 1. The van der Waals surface area contributed by atoms with Gasteiger partial charge in [-0.3, -0.25) is 4.98 Å². The fourth-order valence-corrected chi connectivity index (χ4v) is 3.17. The maximum atomic E-state index is 14.8. The Bertz CT molecular complexity index is 1060. The van der Waals surface area contributed by atoms with E-state index in [2.05, 4.69) is 20.7 Å². The van der Waals surface area contributed by atoms with Crippen molar-refractivity contribution < 1.29 is 13.6 Å². The second-order valence-corrected chi connectivity index (χ2v) is 7.08. The zero-order valence-electron chi connectivity index (χ0n) is 15.5. The minimum absolute atomic E-state index is 0.0474. The Morgan fingerprint density at radius 2 is 1.93 bits per heavy atom. The maximum absolute atomic E-state index is 14.8. The molecule has 29 heavy (non-hydrogen) atoms. The van der Waals surface area contributed by atoms with Crippen molar-refractivity contribution in [2.75, 3.05) is 6.54 Å². The van der Waals surface area contributed by atoms with Gasteiger partial charge in [0.2, 0.25) is 0 Å². The Labute approximate surface area is 175 Å². The van der Waals surface area contributed by atoms with Crippen LogP contribution in [-0.2, 0) is 0 Å². The third-order valence-corrected chi connectivity index (χ3v) is 4.50. The zero-order chi connectivity index (χ0) is 21.1. The largest absolute Gasteiger partial charge is 0.338 e. The van der Waals surface area contributed by atoms with Gasteiger partial charge in [0.25, 0.3) is 0 Å². The average molecular weight is 440 g/mol. The number of carbonyl (C=O) groups excluding carboxylic acids is 1. The van der Waals surface area contributed by atoms with Crippen molar-refractivity contribution in [3.63, 3.8) is 0 Å². The second-order valence-electron chi connectivity index (χ2n) is 6.20. The molecule has 0 saturated heterocycles. The molecule has 3 rings (SSSR count). The molecular weight excluding hydrogens is 423 g/mol. The number of urea groups is 1. The number of nitrogens with zero attached hydrogens (tertiary/aromatic N) is 3. The number of aromatic nitrogens is 3. The third-order valence-electron chi connectivity index (χ3n) is 4.08. The normalized spacial score (nSPS) is 11.9. The molecule has 6 nitrogen and oxygen atoms in total. The van der Waals surface area contributed by atoms with Crippen molar-refractivity contribution in [3.05, 3.63) is 64.2 Å². The van der Waals surface area contributed by atoms with E-state index >= 15 is 0 Å². The highest BCUT2D eigenvalue weighted by Crippen LogP contribution is 2.33. The molecule has 0 radical (unpaired) electrons. The first-order valence-electron chi connectivity index (χ1n) is 8.70. The van der Waals surface area contributed by atoms with E-state index in [1.165, 1.54) is 35.4 Å². The van der Waals surface area contributed by atoms with Crippen LogP contribution in [0.1, 0.15) is 25.6 Å². The number of nitrogens with one attached hydrogen (secondary N) is 2. The molecule has 0 saturated carbocycles. The molecule has 0 unspecified atom stereocenters. The standard InChI is InChI=1S/C19H17Cl2F2N5O/c1-3-24-19(29)27-10(2)17-15(22)4-11(7-25-17)14-5-12(20)6-16(23)18(14)28-9-13(21)8-26-28/h4-10H,3H2,1-2H3,(H2,24,27,29)/t10-/m1/s1. The predicted octanol–water partition coefficient (Wildman–Crippen LogP) is 4.90. The van der Waals surface area contributed by atoms with Crippen LogP contribution >= 0.6 is 23.2 Å². The number of pyridine rings is 1. The SMILES string of the molecule is CCNC(=O)N[C@H](C)c1ncc(-c2cc(Cl)cc(F)c2-n2cc(Cl)cn2)cc1F. The van der Waals surface area contributed by atoms with E-state index in [1.807, 2.05) is 0 Å². The number of hydrogen-bond acceptors (Lipinski definition) is 3. The summed E-state index contributed by atoms with van der Waals surface area (Å²) in [6.07, 6.45) is 4.16. The van der Waals surface area contributed by atoms with Crippen molar-refractivity contribution in [1.29, 1.82) is 0 Å². The number of benzene rings is 1. The fourth-order valence-electron chi connectivity index (χ4n) is 2.83. The van der Waals surface area contributed by atoms with Crippen molar-refractivity contribution in [2.24, 2.45) is 0 Å². The Balaban J connectivity index is 2.02. The van der Waals surface area contributed by atoms with Gasteiger partial charge in [-0.25, -0.2) is 18.3 Å². The summed E-state index contributed by atoms with van der Waals surface area (Å²) in [6.45, 7) is 3.82. The molecule has 0 spiro atoms. The fraction of sp³-hybridized carbons (Fsp3) is 0.211. The van der Waals surface area contributed by atoms with Crippen LogP contribution in [0.4, 0.5) is 13.6 Å². The van der Waals surface area contributed by atoms with Crippen LogP contribution in [0, 0.1) is 11.6 Å². The highest BCUT2D eigenvalue weighted by Gasteiger charge is 2.20. The van der Waals surface area contributed by atoms with Gasteiger partial charge in [0.05, 0.1) is 23.0 Å². The van der Waals surface area contributed by atoms with Crippen molar-refractivity contribution in [3.8, 4) is 16.8 Å². The van der Waals surface area contributed by atoms with E-state index in [0.717, 1.165) is 6.07 Å². The van der Waals surface area contributed by atoms with Gasteiger partial charge in [0.1, 0.15) is 11.5 Å². The highest BCUT2D eigenvalue weighted by atomic mass is 35.5. The molecule has 1 atom stereocenters. The molecule has 0 aliphatic rings. The van der Waals surface area contributed by atoms with Gasteiger partial charge in [-0.05, 0) is 32.0 Å². The molecule has 1 aromatic carbocycles. The minimum atomic E-state index is -0.670. The van der Waals surface area contributed by atoms with Gasteiger partial charge >= 0.3 is 6.03 Å². The Morgan fingerprint density at radius 1 is 1.17 bits per heavy atom. The van der Waals surface area contributed by atoms with Crippen LogP contribution in [0.2, 0.25) is 10.0 Å². The summed E-state index contributed by atoms with van der Waals surface area (Å²) in [5.41, 5.74) is 0.687. The summed E-state index contributed by atoms with van der Waals surface area (Å²) >= 11 is 11.9. The molecule has 0 aliphatic carbocycles. The summed E-state index contributed by atoms with van der Waals surface area (Å²) in [7, 11) is 0. The molecule has 0 fully saturated rings. The molecule has 2 heterocycles. The summed E-state index contributed by atoms with van der Waals surface area (Å²) < 4.78 is 30.7. The Kier molecular flexibility index (Phi) is 6.34. The second kappa shape index (κ2) is 8.75. The molecule has 2 amide bonds. The van der Waals surface area contributed by atoms with E-state index in [4.69, 9.17) is 23.2 Å². The van der Waals surface area contributed by atoms with Gasteiger partial charge in [-0.15, -0.1) is 0 Å². The van der Waals surface area contributed by atoms with E-state index < -0.39 is 23.7 Å². The first kappa shape index (κ1) is 21.0.